The van der Waals surface area contributed by atoms with E-state index in [4.69, 9.17) is 0 Å². The highest BCUT2D eigenvalue weighted by molar-refractivity contribution is 5.63. The SMILES string of the molecule is CNc1nnc(-c2c(C)nn(C)c2C)n1C. The Bertz CT molecular complexity index is 522. The minimum atomic E-state index is 0.748. The Kier molecular flexibility index (Phi) is 2.41. The summed E-state index contributed by atoms with van der Waals surface area (Å²) < 4.78 is 3.79. The molecule has 6 nitrogen and oxygen atoms in total. The molecule has 0 aliphatic carbocycles. The van der Waals surface area contributed by atoms with Crippen LogP contribution in [-0.4, -0.2) is 31.6 Å². The number of anilines is 1. The van der Waals surface area contributed by atoms with Crippen molar-refractivity contribution in [2.75, 3.05) is 12.4 Å². The van der Waals surface area contributed by atoms with E-state index < -0.39 is 0 Å². The molecule has 16 heavy (non-hydrogen) atoms. The van der Waals surface area contributed by atoms with Crippen LogP contribution in [0.4, 0.5) is 5.95 Å². The average molecular weight is 220 g/mol. The lowest BCUT2D eigenvalue weighted by atomic mass is 10.2. The monoisotopic (exact) mass is 220 g/mol. The van der Waals surface area contributed by atoms with Gasteiger partial charge in [-0.1, -0.05) is 0 Å². The van der Waals surface area contributed by atoms with Crippen molar-refractivity contribution in [3.05, 3.63) is 11.4 Å². The molecule has 2 rings (SSSR count). The molecule has 0 atom stereocenters. The first-order chi connectivity index (χ1) is 7.56. The molecule has 0 aliphatic heterocycles. The zero-order chi connectivity index (χ0) is 11.9. The number of hydrogen-bond donors (Lipinski definition) is 1. The van der Waals surface area contributed by atoms with Crippen molar-refractivity contribution in [3.8, 4) is 11.4 Å². The minimum Gasteiger partial charge on any atom is -0.357 e. The average Bonchev–Trinajstić information content (AvgIpc) is 2.70. The largest absolute Gasteiger partial charge is 0.357 e. The molecule has 0 fully saturated rings. The van der Waals surface area contributed by atoms with Gasteiger partial charge < -0.3 is 5.32 Å². The van der Waals surface area contributed by atoms with E-state index in [2.05, 4.69) is 20.6 Å². The van der Waals surface area contributed by atoms with Gasteiger partial charge in [0.15, 0.2) is 5.82 Å². The van der Waals surface area contributed by atoms with Crippen molar-refractivity contribution in [2.24, 2.45) is 14.1 Å². The zero-order valence-corrected chi connectivity index (χ0v) is 10.2. The van der Waals surface area contributed by atoms with Crippen LogP contribution in [0, 0.1) is 13.8 Å². The van der Waals surface area contributed by atoms with E-state index in [1.165, 1.54) is 0 Å². The molecule has 2 aromatic rings. The van der Waals surface area contributed by atoms with Crippen molar-refractivity contribution in [2.45, 2.75) is 13.8 Å². The van der Waals surface area contributed by atoms with Gasteiger partial charge in [-0.25, -0.2) is 0 Å². The third-order valence-corrected chi connectivity index (χ3v) is 2.83. The van der Waals surface area contributed by atoms with E-state index in [0.717, 1.165) is 28.7 Å². The lowest BCUT2D eigenvalue weighted by molar-refractivity contribution is 0.731. The third-order valence-electron chi connectivity index (χ3n) is 2.83. The van der Waals surface area contributed by atoms with Gasteiger partial charge in [0.2, 0.25) is 5.95 Å². The van der Waals surface area contributed by atoms with Gasteiger partial charge in [-0.15, -0.1) is 10.2 Å². The third kappa shape index (κ3) is 1.37. The normalized spacial score (nSPS) is 10.8. The molecule has 86 valence electrons. The summed E-state index contributed by atoms with van der Waals surface area (Å²) in [5.41, 5.74) is 3.12. The number of aryl methyl sites for hydroxylation is 2. The summed E-state index contributed by atoms with van der Waals surface area (Å²) in [4.78, 5) is 0. The molecule has 0 aromatic carbocycles. The van der Waals surface area contributed by atoms with Gasteiger partial charge in [0.05, 0.1) is 11.3 Å². The summed E-state index contributed by atoms with van der Waals surface area (Å²) in [6.07, 6.45) is 0. The van der Waals surface area contributed by atoms with Gasteiger partial charge in [-0.3, -0.25) is 9.25 Å². The molecule has 6 heteroatoms. The maximum absolute atomic E-state index is 4.38. The second-order valence-corrected chi connectivity index (χ2v) is 3.83. The molecule has 0 saturated heterocycles. The Labute approximate surface area is 94.3 Å². The van der Waals surface area contributed by atoms with E-state index >= 15 is 0 Å². The van der Waals surface area contributed by atoms with Gasteiger partial charge in [0.25, 0.3) is 0 Å². The standard InChI is InChI=1S/C10H16N6/c1-6-8(7(2)16(5)14-6)9-12-13-10(11-3)15(9)4/h1-5H3,(H,11,13). The minimum absolute atomic E-state index is 0.748. The van der Waals surface area contributed by atoms with Crippen LogP contribution in [0.5, 0.6) is 0 Å². The Morgan fingerprint density at radius 3 is 2.25 bits per heavy atom. The molecular formula is C10H16N6. The molecule has 1 N–H and O–H groups in total. The second-order valence-electron chi connectivity index (χ2n) is 3.83. The molecular weight excluding hydrogens is 204 g/mol. The first-order valence-corrected chi connectivity index (χ1v) is 5.14. The van der Waals surface area contributed by atoms with E-state index in [9.17, 15) is 0 Å². The zero-order valence-electron chi connectivity index (χ0n) is 10.2. The maximum atomic E-state index is 4.38. The van der Waals surface area contributed by atoms with Crippen molar-refractivity contribution < 1.29 is 0 Å². The first-order valence-electron chi connectivity index (χ1n) is 5.14. The summed E-state index contributed by atoms with van der Waals surface area (Å²) in [6.45, 7) is 4.01. The van der Waals surface area contributed by atoms with Crippen molar-refractivity contribution >= 4 is 5.95 Å². The molecule has 0 spiro atoms. The van der Waals surface area contributed by atoms with E-state index in [1.54, 1.807) is 0 Å². The number of nitrogens with one attached hydrogen (secondary N) is 1. The van der Waals surface area contributed by atoms with Crippen LogP contribution < -0.4 is 5.32 Å². The Morgan fingerprint density at radius 2 is 1.81 bits per heavy atom. The molecule has 0 amide bonds. The van der Waals surface area contributed by atoms with Gasteiger partial charge in [0, 0.05) is 26.8 Å². The van der Waals surface area contributed by atoms with Crippen LogP contribution in [0.1, 0.15) is 11.4 Å². The fourth-order valence-corrected chi connectivity index (χ4v) is 1.86. The highest BCUT2D eigenvalue weighted by Crippen LogP contribution is 2.25. The Balaban J connectivity index is 2.63. The second kappa shape index (κ2) is 3.62. The number of aromatic nitrogens is 5. The molecule has 0 bridgehead atoms. The van der Waals surface area contributed by atoms with Crippen molar-refractivity contribution in [1.29, 1.82) is 0 Å². The predicted octanol–water partition coefficient (Wildman–Crippen LogP) is 0.874. The quantitative estimate of drug-likeness (QED) is 0.816. The van der Waals surface area contributed by atoms with E-state index in [-0.39, 0.29) is 0 Å². The Hall–Kier alpha value is -1.85. The van der Waals surface area contributed by atoms with Crippen LogP contribution in [0.25, 0.3) is 11.4 Å². The van der Waals surface area contributed by atoms with Crippen LogP contribution in [0.15, 0.2) is 0 Å². The fraction of sp³-hybridized carbons (Fsp3) is 0.500. The van der Waals surface area contributed by atoms with Crippen LogP contribution in [-0.2, 0) is 14.1 Å². The summed E-state index contributed by atoms with van der Waals surface area (Å²) in [6, 6.07) is 0. The van der Waals surface area contributed by atoms with Crippen molar-refractivity contribution in [1.82, 2.24) is 24.5 Å². The number of hydrogen-bond acceptors (Lipinski definition) is 4. The van der Waals surface area contributed by atoms with E-state index in [0.29, 0.717) is 0 Å². The lowest BCUT2D eigenvalue weighted by Gasteiger charge is -2.03. The molecule has 0 unspecified atom stereocenters. The number of rotatable bonds is 2. The smallest absolute Gasteiger partial charge is 0.224 e. The topological polar surface area (TPSA) is 60.6 Å². The summed E-state index contributed by atoms with van der Waals surface area (Å²) in [5, 5.41) is 15.6. The number of nitrogens with zero attached hydrogens (tertiary/aromatic N) is 5. The van der Waals surface area contributed by atoms with E-state index in [1.807, 2.05) is 44.2 Å². The van der Waals surface area contributed by atoms with Gasteiger partial charge in [0.1, 0.15) is 0 Å². The van der Waals surface area contributed by atoms with Crippen LogP contribution in [0.3, 0.4) is 0 Å². The predicted molar refractivity (Wildman–Crippen MR) is 62.2 cm³/mol. The summed E-state index contributed by atoms with van der Waals surface area (Å²) in [7, 11) is 5.70. The fourth-order valence-electron chi connectivity index (χ4n) is 1.86. The Morgan fingerprint density at radius 1 is 1.12 bits per heavy atom. The molecule has 0 saturated carbocycles. The lowest BCUT2D eigenvalue weighted by Crippen LogP contribution is -2.00. The maximum Gasteiger partial charge on any atom is 0.224 e. The van der Waals surface area contributed by atoms with Gasteiger partial charge in [-0.2, -0.15) is 5.10 Å². The summed E-state index contributed by atoms with van der Waals surface area (Å²) >= 11 is 0. The van der Waals surface area contributed by atoms with Gasteiger partial charge in [-0.05, 0) is 13.8 Å². The highest BCUT2D eigenvalue weighted by Gasteiger charge is 2.17. The molecule has 0 radical (unpaired) electrons. The summed E-state index contributed by atoms with van der Waals surface area (Å²) in [5.74, 6) is 1.59. The molecule has 2 heterocycles. The highest BCUT2D eigenvalue weighted by atomic mass is 15.3. The van der Waals surface area contributed by atoms with Crippen LogP contribution in [0.2, 0.25) is 0 Å². The first kappa shape index (κ1) is 10.7. The molecule has 0 aliphatic rings. The van der Waals surface area contributed by atoms with Gasteiger partial charge >= 0.3 is 0 Å². The van der Waals surface area contributed by atoms with Crippen molar-refractivity contribution in [3.63, 3.8) is 0 Å². The molecule has 2 aromatic heterocycles. The van der Waals surface area contributed by atoms with Crippen LogP contribution >= 0.6 is 0 Å².